The maximum atomic E-state index is 12.5. The Hall–Kier alpha value is -2.21. The van der Waals surface area contributed by atoms with Gasteiger partial charge in [0.25, 0.3) is 0 Å². The Kier molecular flexibility index (Phi) is 14.7. The lowest BCUT2D eigenvalue weighted by Crippen LogP contribution is -2.05. The van der Waals surface area contributed by atoms with E-state index in [1.807, 2.05) is 45.0 Å². The van der Waals surface area contributed by atoms with Crippen LogP contribution in [0.1, 0.15) is 109 Å². The van der Waals surface area contributed by atoms with Crippen LogP contribution < -0.4 is 0 Å². The SMILES string of the molecule is CC1CCC1.CCCC(=O)CC(C)c1ccccc1Cl.CCCC(C)=Nc1cc(C(F)(F)F)cnc1C. The zero-order valence-corrected chi connectivity index (χ0v) is 23.8. The maximum absolute atomic E-state index is 12.5. The second kappa shape index (κ2) is 16.6. The molecule has 1 aromatic carbocycles. The van der Waals surface area contributed by atoms with Gasteiger partial charge in [0, 0.05) is 29.8 Å². The van der Waals surface area contributed by atoms with Gasteiger partial charge in [-0.05, 0) is 56.2 Å². The second-order valence-corrected chi connectivity index (χ2v) is 10.3. The van der Waals surface area contributed by atoms with Crippen molar-refractivity contribution in [2.45, 2.75) is 105 Å². The predicted octanol–water partition coefficient (Wildman–Crippen LogP) is 10.3. The first kappa shape index (κ1) is 32.8. The van der Waals surface area contributed by atoms with Gasteiger partial charge in [0.15, 0.2) is 0 Å². The molecular weight excluding hydrogens is 497 g/mol. The van der Waals surface area contributed by atoms with E-state index in [0.29, 0.717) is 30.0 Å². The average Bonchev–Trinajstić information content (AvgIpc) is 2.80. The maximum Gasteiger partial charge on any atom is 0.417 e. The average molecular weight is 539 g/mol. The minimum absolute atomic E-state index is 0.220. The lowest BCUT2D eigenvalue weighted by atomic mass is 9.88. The standard InChI is InChI=1S/C13H17ClO.C12H15F3N2.C5H10/c1-3-6-11(15)9-10(2)12-7-4-5-8-13(12)14;1-4-5-8(2)17-11-6-10(12(13,14)15)7-16-9(11)3;1-5-3-2-4-5/h4-5,7-8,10H,3,6,9H2,1-2H3;6-7H,4-5H2,1-3H3;5H,2-4H2,1H3. The number of rotatable bonds is 8. The van der Waals surface area contributed by atoms with E-state index in [1.54, 1.807) is 6.92 Å². The van der Waals surface area contributed by atoms with Gasteiger partial charge in [0.1, 0.15) is 5.78 Å². The topological polar surface area (TPSA) is 42.3 Å². The van der Waals surface area contributed by atoms with Crippen LogP contribution in [-0.2, 0) is 11.0 Å². The first-order valence-corrected chi connectivity index (χ1v) is 13.6. The van der Waals surface area contributed by atoms with Crippen LogP contribution in [0.25, 0.3) is 0 Å². The second-order valence-electron chi connectivity index (χ2n) is 9.87. The Bertz CT molecular complexity index is 1000. The number of aliphatic imine (C=N–C) groups is 1. The third kappa shape index (κ3) is 12.7. The highest BCUT2D eigenvalue weighted by Crippen LogP contribution is 2.32. The smallest absolute Gasteiger partial charge is 0.300 e. The molecule has 2 aromatic rings. The van der Waals surface area contributed by atoms with Gasteiger partial charge in [-0.1, -0.05) is 83.2 Å². The summed E-state index contributed by atoms with van der Waals surface area (Å²) in [5, 5.41) is 0.759. The first-order chi connectivity index (χ1) is 17.4. The van der Waals surface area contributed by atoms with E-state index in [2.05, 4.69) is 23.8 Å². The summed E-state index contributed by atoms with van der Waals surface area (Å²) in [5.41, 5.74) is 1.94. The van der Waals surface area contributed by atoms with Crippen molar-refractivity contribution in [2.24, 2.45) is 10.9 Å². The highest BCUT2D eigenvalue weighted by molar-refractivity contribution is 6.31. The van der Waals surface area contributed by atoms with Gasteiger partial charge in [-0.3, -0.25) is 14.8 Å². The Morgan fingerprint density at radius 2 is 1.76 bits per heavy atom. The number of halogens is 4. The van der Waals surface area contributed by atoms with Crippen molar-refractivity contribution in [3.8, 4) is 0 Å². The van der Waals surface area contributed by atoms with E-state index in [1.165, 1.54) is 19.3 Å². The van der Waals surface area contributed by atoms with Gasteiger partial charge < -0.3 is 0 Å². The van der Waals surface area contributed by atoms with Gasteiger partial charge in [-0.2, -0.15) is 13.2 Å². The van der Waals surface area contributed by atoms with E-state index in [0.717, 1.165) is 53.7 Å². The molecule has 1 atom stereocenters. The van der Waals surface area contributed by atoms with Gasteiger partial charge in [0.2, 0.25) is 0 Å². The molecule has 1 saturated carbocycles. The summed E-state index contributed by atoms with van der Waals surface area (Å²) in [6.45, 7) is 11.8. The van der Waals surface area contributed by atoms with Gasteiger partial charge in [0.05, 0.1) is 16.9 Å². The summed E-state index contributed by atoms with van der Waals surface area (Å²) >= 11 is 6.07. The molecule has 3 rings (SSSR count). The summed E-state index contributed by atoms with van der Waals surface area (Å²) in [5.74, 6) is 1.61. The Labute approximate surface area is 226 Å². The molecule has 0 bridgehead atoms. The fourth-order valence-corrected chi connectivity index (χ4v) is 4.05. The number of hydrogen-bond donors (Lipinski definition) is 0. The number of benzene rings is 1. The van der Waals surface area contributed by atoms with E-state index in [4.69, 9.17) is 11.6 Å². The van der Waals surface area contributed by atoms with E-state index in [9.17, 15) is 18.0 Å². The first-order valence-electron chi connectivity index (χ1n) is 13.2. The van der Waals surface area contributed by atoms with Crippen LogP contribution in [0, 0.1) is 12.8 Å². The quantitative estimate of drug-likeness (QED) is 0.314. The lowest BCUT2D eigenvalue weighted by Gasteiger charge is -2.18. The van der Waals surface area contributed by atoms with Crippen molar-refractivity contribution in [1.82, 2.24) is 4.98 Å². The van der Waals surface area contributed by atoms with E-state index in [-0.39, 0.29) is 5.92 Å². The van der Waals surface area contributed by atoms with Crippen LogP contribution in [0.4, 0.5) is 18.9 Å². The number of carbonyl (C=O) groups is 1. The minimum Gasteiger partial charge on any atom is -0.300 e. The number of alkyl halides is 3. The molecule has 1 unspecified atom stereocenters. The lowest BCUT2D eigenvalue weighted by molar-refractivity contribution is -0.137. The van der Waals surface area contributed by atoms with Crippen LogP contribution in [-0.4, -0.2) is 16.5 Å². The number of Topliss-reactive ketones (excluding diaryl/α,β-unsaturated/α-hetero) is 1. The van der Waals surface area contributed by atoms with Crippen molar-refractivity contribution in [3.05, 3.63) is 58.4 Å². The number of aromatic nitrogens is 1. The zero-order chi connectivity index (χ0) is 28.0. The van der Waals surface area contributed by atoms with Crippen LogP contribution in [0.5, 0.6) is 0 Å². The molecule has 0 amide bonds. The molecule has 0 spiro atoms. The van der Waals surface area contributed by atoms with Crippen molar-refractivity contribution >= 4 is 28.8 Å². The molecule has 0 N–H and O–H groups in total. The van der Waals surface area contributed by atoms with Gasteiger partial charge in [-0.15, -0.1) is 0 Å². The summed E-state index contributed by atoms with van der Waals surface area (Å²) < 4.78 is 37.5. The fourth-order valence-electron chi connectivity index (χ4n) is 3.73. The molecule has 0 aliphatic heterocycles. The molecule has 1 aromatic heterocycles. The molecule has 37 heavy (non-hydrogen) atoms. The Morgan fingerprint density at radius 1 is 1.16 bits per heavy atom. The molecule has 1 fully saturated rings. The number of carbonyl (C=O) groups excluding carboxylic acids is 1. The number of pyridine rings is 1. The summed E-state index contributed by atoms with van der Waals surface area (Å²) in [7, 11) is 0. The molecule has 7 heteroatoms. The summed E-state index contributed by atoms with van der Waals surface area (Å²) in [6.07, 6.45) is 4.81. The normalized spacial score (nSPS) is 14.5. The van der Waals surface area contributed by atoms with E-state index >= 15 is 0 Å². The largest absolute Gasteiger partial charge is 0.417 e. The van der Waals surface area contributed by atoms with Gasteiger partial charge >= 0.3 is 6.18 Å². The molecule has 0 radical (unpaired) electrons. The molecule has 206 valence electrons. The highest BCUT2D eigenvalue weighted by atomic mass is 35.5. The fraction of sp³-hybridized carbons (Fsp3) is 0.567. The third-order valence-corrected chi connectivity index (χ3v) is 6.55. The Balaban J connectivity index is 0.000000312. The van der Waals surface area contributed by atoms with Crippen molar-refractivity contribution in [3.63, 3.8) is 0 Å². The number of ketones is 1. The zero-order valence-electron chi connectivity index (χ0n) is 23.1. The van der Waals surface area contributed by atoms with Gasteiger partial charge in [-0.25, -0.2) is 0 Å². The van der Waals surface area contributed by atoms with Crippen LogP contribution in [0.3, 0.4) is 0 Å². The molecule has 1 heterocycles. The summed E-state index contributed by atoms with van der Waals surface area (Å²) in [6, 6.07) is 8.78. The van der Waals surface area contributed by atoms with Crippen molar-refractivity contribution in [2.75, 3.05) is 0 Å². The Morgan fingerprint density at radius 3 is 2.24 bits per heavy atom. The number of aryl methyl sites for hydroxylation is 1. The molecule has 0 saturated heterocycles. The van der Waals surface area contributed by atoms with Crippen LogP contribution >= 0.6 is 11.6 Å². The monoisotopic (exact) mass is 538 g/mol. The number of nitrogens with zero attached hydrogens (tertiary/aromatic N) is 2. The molecular formula is C30H42ClF3N2O. The third-order valence-electron chi connectivity index (χ3n) is 6.20. The summed E-state index contributed by atoms with van der Waals surface area (Å²) in [4.78, 5) is 19.4. The van der Waals surface area contributed by atoms with E-state index < -0.39 is 11.7 Å². The molecule has 1 aliphatic carbocycles. The van der Waals surface area contributed by atoms with Crippen molar-refractivity contribution in [1.29, 1.82) is 0 Å². The predicted molar refractivity (Wildman–Crippen MR) is 149 cm³/mol. The highest BCUT2D eigenvalue weighted by Gasteiger charge is 2.31. The minimum atomic E-state index is -4.37. The molecule has 3 nitrogen and oxygen atoms in total. The van der Waals surface area contributed by atoms with Crippen LogP contribution in [0.2, 0.25) is 5.02 Å². The van der Waals surface area contributed by atoms with Crippen LogP contribution in [0.15, 0.2) is 41.5 Å². The van der Waals surface area contributed by atoms with Crippen molar-refractivity contribution < 1.29 is 18.0 Å². The molecule has 1 aliphatic rings. The number of hydrogen-bond acceptors (Lipinski definition) is 3.